The molecule has 2 aromatic heterocycles. The van der Waals surface area contributed by atoms with Crippen LogP contribution in [0.25, 0.3) is 0 Å². The first-order chi connectivity index (χ1) is 13.2. The third kappa shape index (κ3) is 4.59. The number of aromatic nitrogens is 3. The molecule has 4 rings (SSSR count). The number of hydrogen-bond acceptors (Lipinski definition) is 5. The van der Waals surface area contributed by atoms with Gasteiger partial charge in [0.05, 0.1) is 18.3 Å². The fraction of sp³-hybridized carbons (Fsp3) is 0.350. The van der Waals surface area contributed by atoms with Crippen molar-refractivity contribution in [2.45, 2.75) is 49.2 Å². The molecule has 1 amide bonds. The summed E-state index contributed by atoms with van der Waals surface area (Å²) in [6.45, 7) is 3.24. The molecule has 1 unspecified atom stereocenters. The molecule has 0 bridgehead atoms. The summed E-state index contributed by atoms with van der Waals surface area (Å²) < 4.78 is 2.18. The number of carbonyl (C=O) groups is 1. The number of amides is 1. The number of benzene rings is 1. The van der Waals surface area contributed by atoms with E-state index in [1.54, 1.807) is 11.3 Å². The predicted octanol–water partition coefficient (Wildman–Crippen LogP) is 4.06. The van der Waals surface area contributed by atoms with E-state index < -0.39 is 0 Å². The van der Waals surface area contributed by atoms with Crippen LogP contribution in [0.3, 0.4) is 0 Å². The van der Waals surface area contributed by atoms with Gasteiger partial charge in [0, 0.05) is 10.8 Å². The molecule has 1 saturated carbocycles. The van der Waals surface area contributed by atoms with E-state index in [9.17, 15) is 4.79 Å². The van der Waals surface area contributed by atoms with Gasteiger partial charge in [0.25, 0.3) is 0 Å². The van der Waals surface area contributed by atoms with Gasteiger partial charge in [-0.05, 0) is 36.8 Å². The summed E-state index contributed by atoms with van der Waals surface area (Å²) in [5.74, 6) is 1.58. The quantitative estimate of drug-likeness (QED) is 0.581. The normalized spacial score (nSPS) is 14.9. The first-order valence-corrected chi connectivity index (χ1v) is 10.9. The lowest BCUT2D eigenvalue weighted by molar-refractivity contribution is -0.120. The minimum Gasteiger partial charge on any atom is -0.350 e. The molecule has 140 valence electrons. The molecule has 0 spiro atoms. The molecule has 27 heavy (non-hydrogen) atoms. The molecule has 2 heterocycles. The van der Waals surface area contributed by atoms with Gasteiger partial charge in [-0.1, -0.05) is 48.2 Å². The average Bonchev–Trinajstić information content (AvgIpc) is 3.25. The maximum Gasteiger partial charge on any atom is 0.233 e. The second kappa shape index (κ2) is 8.27. The van der Waals surface area contributed by atoms with E-state index in [1.165, 1.54) is 30.2 Å². The molecular formula is C20H22N4OS2. The Kier molecular flexibility index (Phi) is 5.59. The van der Waals surface area contributed by atoms with Crippen molar-refractivity contribution >= 4 is 29.0 Å². The Morgan fingerprint density at radius 3 is 2.78 bits per heavy atom. The van der Waals surface area contributed by atoms with Gasteiger partial charge in [-0.3, -0.25) is 4.79 Å². The summed E-state index contributed by atoms with van der Waals surface area (Å²) in [4.78, 5) is 13.6. The van der Waals surface area contributed by atoms with Gasteiger partial charge in [0.2, 0.25) is 5.91 Å². The van der Waals surface area contributed by atoms with Crippen molar-refractivity contribution < 1.29 is 4.79 Å². The first-order valence-electron chi connectivity index (χ1n) is 9.14. The second-order valence-corrected chi connectivity index (χ2v) is 9.08. The lowest BCUT2D eigenvalue weighted by Crippen LogP contribution is -2.30. The standard InChI is InChI=1S/C20H22N4OS2/c1-14(19(25)21-12-17-8-5-11-26-17)27-20-23-22-18(16-9-10-16)24(20)13-15-6-3-2-4-7-15/h2-8,11,14,16H,9-10,12-13H2,1H3,(H,21,25). The van der Waals surface area contributed by atoms with Crippen LogP contribution in [-0.2, 0) is 17.9 Å². The van der Waals surface area contributed by atoms with E-state index in [1.807, 2.05) is 42.6 Å². The lowest BCUT2D eigenvalue weighted by atomic mass is 10.2. The SMILES string of the molecule is CC(Sc1nnc(C2CC2)n1Cc1ccccc1)C(=O)NCc1cccs1. The molecular weight excluding hydrogens is 376 g/mol. The third-order valence-electron chi connectivity index (χ3n) is 4.54. The van der Waals surface area contributed by atoms with Crippen molar-refractivity contribution in [2.24, 2.45) is 0 Å². The van der Waals surface area contributed by atoms with E-state index in [0.717, 1.165) is 22.4 Å². The van der Waals surface area contributed by atoms with Crippen molar-refractivity contribution in [3.8, 4) is 0 Å². The Bertz CT molecular complexity index is 888. The van der Waals surface area contributed by atoms with Gasteiger partial charge in [-0.25, -0.2) is 0 Å². The highest BCUT2D eigenvalue weighted by atomic mass is 32.2. The maximum absolute atomic E-state index is 12.5. The zero-order valence-corrected chi connectivity index (χ0v) is 16.8. The van der Waals surface area contributed by atoms with Crippen molar-refractivity contribution in [1.82, 2.24) is 20.1 Å². The van der Waals surface area contributed by atoms with Crippen LogP contribution in [0, 0.1) is 0 Å². The molecule has 5 nitrogen and oxygen atoms in total. The average molecular weight is 399 g/mol. The summed E-state index contributed by atoms with van der Waals surface area (Å²) >= 11 is 3.13. The fourth-order valence-electron chi connectivity index (χ4n) is 2.89. The highest BCUT2D eigenvalue weighted by Gasteiger charge is 2.31. The molecule has 1 fully saturated rings. The molecule has 1 aliphatic rings. The topological polar surface area (TPSA) is 59.8 Å². The lowest BCUT2D eigenvalue weighted by Gasteiger charge is -2.13. The Morgan fingerprint density at radius 1 is 1.26 bits per heavy atom. The van der Waals surface area contributed by atoms with Crippen LogP contribution in [0.5, 0.6) is 0 Å². The van der Waals surface area contributed by atoms with E-state index in [0.29, 0.717) is 12.5 Å². The maximum atomic E-state index is 12.5. The minimum atomic E-state index is -0.226. The number of nitrogens with zero attached hydrogens (tertiary/aromatic N) is 3. The van der Waals surface area contributed by atoms with E-state index in [4.69, 9.17) is 0 Å². The van der Waals surface area contributed by atoms with Gasteiger partial charge in [0.15, 0.2) is 5.16 Å². The monoisotopic (exact) mass is 398 g/mol. The van der Waals surface area contributed by atoms with Crippen LogP contribution in [0.4, 0.5) is 0 Å². The molecule has 0 radical (unpaired) electrons. The first kappa shape index (κ1) is 18.3. The van der Waals surface area contributed by atoms with Gasteiger partial charge in [-0.2, -0.15) is 0 Å². The number of thioether (sulfide) groups is 1. The van der Waals surface area contributed by atoms with Crippen molar-refractivity contribution in [2.75, 3.05) is 0 Å². The van der Waals surface area contributed by atoms with Crippen LogP contribution >= 0.6 is 23.1 Å². The van der Waals surface area contributed by atoms with Gasteiger partial charge in [0.1, 0.15) is 5.82 Å². The Balaban J connectivity index is 1.45. The zero-order valence-electron chi connectivity index (χ0n) is 15.2. The van der Waals surface area contributed by atoms with Gasteiger partial charge >= 0.3 is 0 Å². The largest absolute Gasteiger partial charge is 0.350 e. The smallest absolute Gasteiger partial charge is 0.233 e. The highest BCUT2D eigenvalue weighted by molar-refractivity contribution is 8.00. The Morgan fingerprint density at radius 2 is 2.07 bits per heavy atom. The number of rotatable bonds is 8. The predicted molar refractivity (Wildman–Crippen MR) is 109 cm³/mol. The summed E-state index contributed by atoms with van der Waals surface area (Å²) in [5.41, 5.74) is 1.22. The molecule has 1 atom stereocenters. The second-order valence-electron chi connectivity index (χ2n) is 6.74. The molecule has 3 aromatic rings. The molecule has 7 heteroatoms. The van der Waals surface area contributed by atoms with Gasteiger partial charge in [-0.15, -0.1) is 21.5 Å². The molecule has 1 aromatic carbocycles. The Hall–Kier alpha value is -2.12. The van der Waals surface area contributed by atoms with Gasteiger partial charge < -0.3 is 9.88 Å². The van der Waals surface area contributed by atoms with E-state index >= 15 is 0 Å². The molecule has 1 aliphatic carbocycles. The summed E-state index contributed by atoms with van der Waals surface area (Å²) in [6.07, 6.45) is 2.35. The number of hydrogen-bond donors (Lipinski definition) is 1. The molecule has 0 saturated heterocycles. The molecule has 1 N–H and O–H groups in total. The van der Waals surface area contributed by atoms with Crippen LogP contribution in [0.2, 0.25) is 0 Å². The summed E-state index contributed by atoms with van der Waals surface area (Å²) in [6, 6.07) is 14.4. The minimum absolute atomic E-state index is 0.0237. The number of nitrogens with one attached hydrogen (secondary N) is 1. The summed E-state index contributed by atoms with van der Waals surface area (Å²) in [7, 11) is 0. The fourth-order valence-corrected chi connectivity index (χ4v) is 4.41. The summed E-state index contributed by atoms with van der Waals surface area (Å²) in [5, 5.41) is 14.5. The Labute approximate surface area is 167 Å². The van der Waals surface area contributed by atoms with Crippen LogP contribution < -0.4 is 5.32 Å². The van der Waals surface area contributed by atoms with Crippen molar-refractivity contribution in [1.29, 1.82) is 0 Å². The van der Waals surface area contributed by atoms with Crippen LogP contribution in [-0.4, -0.2) is 25.9 Å². The van der Waals surface area contributed by atoms with Crippen LogP contribution in [0.15, 0.2) is 53.0 Å². The number of thiophene rings is 1. The third-order valence-corrected chi connectivity index (χ3v) is 6.50. The highest BCUT2D eigenvalue weighted by Crippen LogP contribution is 2.40. The van der Waals surface area contributed by atoms with E-state index in [-0.39, 0.29) is 11.2 Å². The van der Waals surface area contributed by atoms with Crippen molar-refractivity contribution in [3.05, 3.63) is 64.1 Å². The number of carbonyl (C=O) groups excluding carboxylic acids is 1. The molecule has 0 aliphatic heterocycles. The van der Waals surface area contributed by atoms with E-state index in [2.05, 4.69) is 32.2 Å². The van der Waals surface area contributed by atoms with Crippen molar-refractivity contribution in [3.63, 3.8) is 0 Å². The zero-order chi connectivity index (χ0) is 18.6. The van der Waals surface area contributed by atoms with Crippen LogP contribution in [0.1, 0.15) is 41.9 Å².